The first-order valence-corrected chi connectivity index (χ1v) is 6.49. The SMILES string of the molecule is CCc1c(C)nc(-c2ccc(F)c(OC)c2)nc1NC. The van der Waals surface area contributed by atoms with Gasteiger partial charge in [0.1, 0.15) is 5.82 Å². The summed E-state index contributed by atoms with van der Waals surface area (Å²) in [6.45, 7) is 4.01. The molecule has 0 aliphatic rings. The van der Waals surface area contributed by atoms with Crippen LogP contribution < -0.4 is 10.1 Å². The Bertz CT molecular complexity index is 629. The van der Waals surface area contributed by atoms with Gasteiger partial charge >= 0.3 is 0 Å². The van der Waals surface area contributed by atoms with Crippen molar-refractivity contribution in [3.63, 3.8) is 0 Å². The van der Waals surface area contributed by atoms with E-state index in [9.17, 15) is 4.39 Å². The monoisotopic (exact) mass is 275 g/mol. The Morgan fingerprint density at radius 2 is 2.05 bits per heavy atom. The molecule has 1 aromatic carbocycles. The number of nitrogens with zero attached hydrogens (tertiary/aromatic N) is 2. The second-order valence-corrected chi connectivity index (χ2v) is 4.41. The zero-order valence-electron chi connectivity index (χ0n) is 12.1. The van der Waals surface area contributed by atoms with Crippen LogP contribution >= 0.6 is 0 Å². The van der Waals surface area contributed by atoms with Gasteiger partial charge in [-0.1, -0.05) is 6.92 Å². The number of aromatic nitrogens is 2. The lowest BCUT2D eigenvalue weighted by molar-refractivity contribution is 0.387. The Morgan fingerprint density at radius 3 is 2.65 bits per heavy atom. The molecule has 5 heteroatoms. The van der Waals surface area contributed by atoms with Crippen LogP contribution in [0.1, 0.15) is 18.2 Å². The number of rotatable bonds is 4. The topological polar surface area (TPSA) is 47.0 Å². The van der Waals surface area contributed by atoms with E-state index in [4.69, 9.17) is 4.74 Å². The summed E-state index contributed by atoms with van der Waals surface area (Å²) < 4.78 is 18.4. The summed E-state index contributed by atoms with van der Waals surface area (Å²) in [5, 5.41) is 3.08. The number of methoxy groups -OCH3 is 1. The summed E-state index contributed by atoms with van der Waals surface area (Å²) in [5.41, 5.74) is 2.74. The first-order valence-electron chi connectivity index (χ1n) is 6.49. The molecule has 106 valence electrons. The highest BCUT2D eigenvalue weighted by Gasteiger charge is 2.12. The van der Waals surface area contributed by atoms with Crippen molar-refractivity contribution in [3.05, 3.63) is 35.3 Å². The maximum atomic E-state index is 13.5. The van der Waals surface area contributed by atoms with Crippen LogP contribution in [0, 0.1) is 12.7 Å². The van der Waals surface area contributed by atoms with Gasteiger partial charge in [-0.15, -0.1) is 0 Å². The third-order valence-electron chi connectivity index (χ3n) is 3.21. The number of anilines is 1. The van der Waals surface area contributed by atoms with Gasteiger partial charge in [0.05, 0.1) is 7.11 Å². The fourth-order valence-corrected chi connectivity index (χ4v) is 2.15. The van der Waals surface area contributed by atoms with Crippen LogP contribution in [0.2, 0.25) is 0 Å². The molecule has 0 fully saturated rings. The Morgan fingerprint density at radius 1 is 1.30 bits per heavy atom. The van der Waals surface area contributed by atoms with Gasteiger partial charge in [-0.2, -0.15) is 0 Å². The van der Waals surface area contributed by atoms with E-state index in [-0.39, 0.29) is 5.75 Å². The maximum Gasteiger partial charge on any atom is 0.165 e. The number of benzene rings is 1. The fourth-order valence-electron chi connectivity index (χ4n) is 2.15. The van der Waals surface area contributed by atoms with Gasteiger partial charge in [0.15, 0.2) is 17.4 Å². The molecule has 0 bridgehead atoms. The Kier molecular flexibility index (Phi) is 4.17. The van der Waals surface area contributed by atoms with Crippen LogP contribution in [-0.2, 0) is 6.42 Å². The minimum atomic E-state index is -0.396. The van der Waals surface area contributed by atoms with Crippen molar-refractivity contribution < 1.29 is 9.13 Å². The minimum absolute atomic E-state index is 0.189. The van der Waals surface area contributed by atoms with E-state index in [2.05, 4.69) is 22.2 Å². The molecule has 1 aromatic heterocycles. The van der Waals surface area contributed by atoms with Crippen LogP contribution in [-0.4, -0.2) is 24.1 Å². The molecule has 0 atom stereocenters. The van der Waals surface area contributed by atoms with Gasteiger partial charge in [-0.05, 0) is 31.5 Å². The van der Waals surface area contributed by atoms with Crippen LogP contribution in [0.3, 0.4) is 0 Å². The average molecular weight is 275 g/mol. The second-order valence-electron chi connectivity index (χ2n) is 4.41. The van der Waals surface area contributed by atoms with Crippen molar-refractivity contribution in [2.45, 2.75) is 20.3 Å². The Balaban J connectivity index is 2.55. The molecule has 1 N–H and O–H groups in total. The molecule has 0 spiro atoms. The molecule has 20 heavy (non-hydrogen) atoms. The number of halogens is 1. The van der Waals surface area contributed by atoms with Gasteiger partial charge in [0.2, 0.25) is 0 Å². The summed E-state index contributed by atoms with van der Waals surface area (Å²) in [6.07, 6.45) is 0.856. The molecule has 0 radical (unpaired) electrons. The van der Waals surface area contributed by atoms with Gasteiger partial charge in [-0.25, -0.2) is 14.4 Å². The standard InChI is InChI=1S/C15H18FN3O/c1-5-11-9(2)18-14(19-15(11)17-3)10-6-7-12(16)13(8-10)20-4/h6-8H,5H2,1-4H3,(H,17,18,19). The lowest BCUT2D eigenvalue weighted by atomic mass is 10.1. The van der Waals surface area contributed by atoms with E-state index in [1.54, 1.807) is 12.1 Å². The number of hydrogen-bond acceptors (Lipinski definition) is 4. The van der Waals surface area contributed by atoms with E-state index < -0.39 is 5.82 Å². The molecule has 1 heterocycles. The van der Waals surface area contributed by atoms with Crippen LogP contribution in [0.5, 0.6) is 5.75 Å². The van der Waals surface area contributed by atoms with E-state index in [1.165, 1.54) is 13.2 Å². The summed E-state index contributed by atoms with van der Waals surface area (Å²) in [4.78, 5) is 9.00. The van der Waals surface area contributed by atoms with Gasteiger partial charge < -0.3 is 10.1 Å². The van der Waals surface area contributed by atoms with Crippen LogP contribution in [0.15, 0.2) is 18.2 Å². The summed E-state index contributed by atoms with van der Waals surface area (Å²) in [6, 6.07) is 4.62. The second kappa shape index (κ2) is 5.86. The van der Waals surface area contributed by atoms with Crippen molar-refractivity contribution in [1.82, 2.24) is 9.97 Å². The van der Waals surface area contributed by atoms with E-state index in [1.807, 2.05) is 14.0 Å². The molecular weight excluding hydrogens is 257 g/mol. The molecule has 0 aliphatic carbocycles. The zero-order valence-corrected chi connectivity index (χ0v) is 12.1. The lowest BCUT2D eigenvalue weighted by Crippen LogP contribution is -2.05. The van der Waals surface area contributed by atoms with E-state index in [0.717, 1.165) is 29.1 Å². The third kappa shape index (κ3) is 2.57. The molecular formula is C15H18FN3O. The molecule has 0 unspecified atom stereocenters. The first kappa shape index (κ1) is 14.2. The first-order chi connectivity index (χ1) is 9.60. The molecule has 0 saturated heterocycles. The maximum absolute atomic E-state index is 13.5. The molecule has 0 saturated carbocycles. The molecule has 0 amide bonds. The number of ether oxygens (including phenoxy) is 1. The molecule has 2 aromatic rings. The number of nitrogens with one attached hydrogen (secondary N) is 1. The van der Waals surface area contributed by atoms with Gasteiger partial charge in [0.25, 0.3) is 0 Å². The smallest absolute Gasteiger partial charge is 0.165 e. The van der Waals surface area contributed by atoms with Crippen LogP contribution in [0.4, 0.5) is 10.2 Å². The molecule has 0 aliphatic heterocycles. The highest BCUT2D eigenvalue weighted by atomic mass is 19.1. The van der Waals surface area contributed by atoms with Gasteiger partial charge in [-0.3, -0.25) is 0 Å². The fraction of sp³-hybridized carbons (Fsp3) is 0.333. The third-order valence-corrected chi connectivity index (χ3v) is 3.21. The highest BCUT2D eigenvalue weighted by molar-refractivity contribution is 5.61. The predicted molar refractivity (Wildman–Crippen MR) is 77.6 cm³/mol. The summed E-state index contributed by atoms with van der Waals surface area (Å²) in [5.74, 6) is 1.15. The largest absolute Gasteiger partial charge is 0.494 e. The highest BCUT2D eigenvalue weighted by Crippen LogP contribution is 2.26. The van der Waals surface area contributed by atoms with Crippen molar-refractivity contribution in [2.75, 3.05) is 19.5 Å². The zero-order chi connectivity index (χ0) is 14.7. The number of hydrogen-bond donors (Lipinski definition) is 1. The minimum Gasteiger partial charge on any atom is -0.494 e. The lowest BCUT2D eigenvalue weighted by Gasteiger charge is -2.12. The van der Waals surface area contributed by atoms with Gasteiger partial charge in [0, 0.05) is 23.9 Å². The quantitative estimate of drug-likeness (QED) is 0.930. The van der Waals surface area contributed by atoms with E-state index >= 15 is 0 Å². The summed E-state index contributed by atoms with van der Waals surface area (Å²) in [7, 11) is 3.27. The predicted octanol–water partition coefficient (Wildman–Crippen LogP) is 3.20. The Hall–Kier alpha value is -2.17. The van der Waals surface area contributed by atoms with Crippen molar-refractivity contribution >= 4 is 5.82 Å². The summed E-state index contributed by atoms with van der Waals surface area (Å²) >= 11 is 0. The normalized spacial score (nSPS) is 10.4. The average Bonchev–Trinajstić information content (AvgIpc) is 2.46. The Labute approximate surface area is 118 Å². The van der Waals surface area contributed by atoms with Crippen molar-refractivity contribution in [1.29, 1.82) is 0 Å². The van der Waals surface area contributed by atoms with E-state index in [0.29, 0.717) is 5.82 Å². The number of aryl methyl sites for hydroxylation is 1. The molecule has 4 nitrogen and oxygen atoms in total. The van der Waals surface area contributed by atoms with Crippen molar-refractivity contribution in [2.24, 2.45) is 0 Å². The molecule has 2 rings (SSSR count). The van der Waals surface area contributed by atoms with Crippen LogP contribution in [0.25, 0.3) is 11.4 Å². The van der Waals surface area contributed by atoms with Crippen molar-refractivity contribution in [3.8, 4) is 17.1 Å².